The molecule has 0 saturated heterocycles. The molecule has 0 saturated carbocycles. The van der Waals surface area contributed by atoms with Crippen molar-refractivity contribution in [3.05, 3.63) is 28.8 Å². The fourth-order valence-electron chi connectivity index (χ4n) is 1.67. The van der Waals surface area contributed by atoms with E-state index in [1.165, 1.54) is 0 Å². The van der Waals surface area contributed by atoms with Gasteiger partial charge in [-0.3, -0.25) is 4.79 Å². The van der Waals surface area contributed by atoms with Gasteiger partial charge in [-0.25, -0.2) is 0 Å². The molecule has 0 heterocycles. The van der Waals surface area contributed by atoms with E-state index in [9.17, 15) is 4.79 Å². The minimum Gasteiger partial charge on any atom is -0.330 e. The van der Waals surface area contributed by atoms with Gasteiger partial charge in [-0.2, -0.15) is 0 Å². The number of nitrogens with two attached hydrogens (primary N) is 1. The SMILES string of the molecule is Cc1cc(Cl)ccc1NC(=O)C(CN)C(C)C. The van der Waals surface area contributed by atoms with Crippen molar-refractivity contribution in [1.29, 1.82) is 0 Å². The fourth-order valence-corrected chi connectivity index (χ4v) is 1.90. The number of anilines is 1. The minimum absolute atomic E-state index is 0.0343. The second kappa shape index (κ2) is 6.03. The Kier molecular flexibility index (Phi) is 4.97. The van der Waals surface area contributed by atoms with Crippen molar-refractivity contribution in [2.75, 3.05) is 11.9 Å². The van der Waals surface area contributed by atoms with Crippen LogP contribution in [0, 0.1) is 18.8 Å². The highest BCUT2D eigenvalue weighted by Crippen LogP contribution is 2.21. The monoisotopic (exact) mass is 254 g/mol. The maximum absolute atomic E-state index is 12.0. The molecule has 1 amide bonds. The number of halogens is 1. The third-order valence-electron chi connectivity index (χ3n) is 2.84. The van der Waals surface area contributed by atoms with Crippen LogP contribution in [0.25, 0.3) is 0 Å². The summed E-state index contributed by atoms with van der Waals surface area (Å²) < 4.78 is 0. The van der Waals surface area contributed by atoms with E-state index in [1.54, 1.807) is 6.07 Å². The van der Waals surface area contributed by atoms with E-state index in [2.05, 4.69) is 5.32 Å². The minimum atomic E-state index is -0.162. The molecule has 0 spiro atoms. The summed E-state index contributed by atoms with van der Waals surface area (Å²) in [6.07, 6.45) is 0. The van der Waals surface area contributed by atoms with Gasteiger partial charge in [0, 0.05) is 17.3 Å². The Hall–Kier alpha value is -1.06. The van der Waals surface area contributed by atoms with Gasteiger partial charge < -0.3 is 11.1 Å². The maximum atomic E-state index is 12.0. The standard InChI is InChI=1S/C13H19ClN2O/c1-8(2)11(7-15)13(17)16-12-5-4-10(14)6-9(12)3/h4-6,8,11H,7,15H2,1-3H3,(H,16,17). The number of benzene rings is 1. The van der Waals surface area contributed by atoms with Gasteiger partial charge in [-0.05, 0) is 36.6 Å². The van der Waals surface area contributed by atoms with Gasteiger partial charge in [-0.1, -0.05) is 25.4 Å². The Morgan fingerprint density at radius 3 is 2.59 bits per heavy atom. The highest BCUT2D eigenvalue weighted by molar-refractivity contribution is 6.30. The quantitative estimate of drug-likeness (QED) is 0.868. The number of rotatable bonds is 4. The summed E-state index contributed by atoms with van der Waals surface area (Å²) in [7, 11) is 0. The first-order chi connectivity index (χ1) is 7.95. The number of hydrogen-bond acceptors (Lipinski definition) is 2. The molecular weight excluding hydrogens is 236 g/mol. The molecule has 0 aliphatic heterocycles. The average Bonchev–Trinajstić information content (AvgIpc) is 2.22. The molecule has 0 radical (unpaired) electrons. The predicted molar refractivity (Wildman–Crippen MR) is 72.2 cm³/mol. The Bertz CT molecular complexity index is 404. The third kappa shape index (κ3) is 3.72. The molecule has 1 aromatic carbocycles. The highest BCUT2D eigenvalue weighted by atomic mass is 35.5. The lowest BCUT2D eigenvalue weighted by Crippen LogP contribution is -2.33. The third-order valence-corrected chi connectivity index (χ3v) is 3.08. The molecule has 0 aliphatic carbocycles. The summed E-state index contributed by atoms with van der Waals surface area (Å²) in [5.74, 6) is 0.0330. The lowest BCUT2D eigenvalue weighted by atomic mass is 9.95. The number of carbonyl (C=O) groups is 1. The molecule has 1 unspecified atom stereocenters. The van der Waals surface area contributed by atoms with Crippen molar-refractivity contribution >= 4 is 23.2 Å². The first-order valence-corrected chi connectivity index (χ1v) is 6.10. The topological polar surface area (TPSA) is 55.1 Å². The lowest BCUT2D eigenvalue weighted by molar-refractivity contribution is -0.120. The number of hydrogen-bond donors (Lipinski definition) is 2. The van der Waals surface area contributed by atoms with Crippen molar-refractivity contribution in [3.63, 3.8) is 0 Å². The Balaban J connectivity index is 2.80. The van der Waals surface area contributed by atoms with E-state index in [0.717, 1.165) is 11.3 Å². The number of nitrogens with one attached hydrogen (secondary N) is 1. The number of aryl methyl sites for hydroxylation is 1. The van der Waals surface area contributed by atoms with E-state index in [0.29, 0.717) is 11.6 Å². The molecule has 1 rings (SSSR count). The molecule has 1 aromatic rings. The zero-order chi connectivity index (χ0) is 13.0. The van der Waals surface area contributed by atoms with E-state index < -0.39 is 0 Å². The first-order valence-electron chi connectivity index (χ1n) is 5.72. The molecule has 4 heteroatoms. The molecule has 0 bridgehead atoms. The lowest BCUT2D eigenvalue weighted by Gasteiger charge is -2.19. The number of amides is 1. The van der Waals surface area contributed by atoms with Crippen molar-refractivity contribution in [3.8, 4) is 0 Å². The van der Waals surface area contributed by atoms with Gasteiger partial charge in [0.2, 0.25) is 5.91 Å². The van der Waals surface area contributed by atoms with Crippen molar-refractivity contribution in [1.82, 2.24) is 0 Å². The molecule has 0 aromatic heterocycles. The molecule has 17 heavy (non-hydrogen) atoms. The van der Waals surface area contributed by atoms with Crippen LogP contribution in [-0.2, 0) is 4.79 Å². The van der Waals surface area contributed by atoms with Crippen LogP contribution in [0.1, 0.15) is 19.4 Å². The van der Waals surface area contributed by atoms with Crippen LogP contribution in [0.4, 0.5) is 5.69 Å². The maximum Gasteiger partial charge on any atom is 0.229 e. The van der Waals surface area contributed by atoms with Crippen LogP contribution in [0.3, 0.4) is 0 Å². The summed E-state index contributed by atoms with van der Waals surface area (Å²) in [5.41, 5.74) is 7.35. The number of carbonyl (C=O) groups excluding carboxylic acids is 1. The van der Waals surface area contributed by atoms with E-state index in [-0.39, 0.29) is 17.7 Å². The molecule has 0 fully saturated rings. The highest BCUT2D eigenvalue weighted by Gasteiger charge is 2.20. The first kappa shape index (κ1) is 14.0. The summed E-state index contributed by atoms with van der Waals surface area (Å²) in [5, 5.41) is 3.56. The van der Waals surface area contributed by atoms with Gasteiger partial charge in [0.15, 0.2) is 0 Å². The zero-order valence-corrected chi connectivity index (χ0v) is 11.2. The Labute approximate surface area is 107 Å². The molecule has 3 nitrogen and oxygen atoms in total. The Morgan fingerprint density at radius 2 is 2.12 bits per heavy atom. The average molecular weight is 255 g/mol. The van der Waals surface area contributed by atoms with Crippen LogP contribution in [0.2, 0.25) is 5.02 Å². The van der Waals surface area contributed by atoms with E-state index >= 15 is 0 Å². The zero-order valence-electron chi connectivity index (χ0n) is 10.5. The van der Waals surface area contributed by atoms with Crippen molar-refractivity contribution in [2.45, 2.75) is 20.8 Å². The van der Waals surface area contributed by atoms with Crippen LogP contribution in [0.15, 0.2) is 18.2 Å². The molecule has 1 atom stereocenters. The van der Waals surface area contributed by atoms with Gasteiger partial charge in [0.05, 0.1) is 5.92 Å². The summed E-state index contributed by atoms with van der Waals surface area (Å²) in [6, 6.07) is 5.39. The van der Waals surface area contributed by atoms with Gasteiger partial charge in [0.1, 0.15) is 0 Å². The summed E-state index contributed by atoms with van der Waals surface area (Å²) >= 11 is 5.86. The molecule has 94 valence electrons. The predicted octanol–water partition coefficient (Wildman–Crippen LogP) is 2.82. The smallest absolute Gasteiger partial charge is 0.229 e. The van der Waals surface area contributed by atoms with E-state index in [4.69, 9.17) is 17.3 Å². The molecular formula is C13H19ClN2O. The van der Waals surface area contributed by atoms with Gasteiger partial charge >= 0.3 is 0 Å². The molecule has 0 aliphatic rings. The van der Waals surface area contributed by atoms with Crippen molar-refractivity contribution in [2.24, 2.45) is 17.6 Å². The van der Waals surface area contributed by atoms with Crippen molar-refractivity contribution < 1.29 is 4.79 Å². The summed E-state index contributed by atoms with van der Waals surface area (Å²) in [6.45, 7) is 6.25. The van der Waals surface area contributed by atoms with E-state index in [1.807, 2.05) is 32.9 Å². The Morgan fingerprint density at radius 1 is 1.47 bits per heavy atom. The normalized spacial score (nSPS) is 12.6. The second-order valence-corrected chi connectivity index (χ2v) is 4.97. The molecule has 3 N–H and O–H groups in total. The van der Waals surface area contributed by atoms with Crippen LogP contribution in [0.5, 0.6) is 0 Å². The fraction of sp³-hybridized carbons (Fsp3) is 0.462. The largest absolute Gasteiger partial charge is 0.330 e. The van der Waals surface area contributed by atoms with Crippen LogP contribution in [-0.4, -0.2) is 12.5 Å². The summed E-state index contributed by atoms with van der Waals surface area (Å²) in [4.78, 5) is 12.0. The van der Waals surface area contributed by atoms with Gasteiger partial charge in [-0.15, -0.1) is 0 Å². The van der Waals surface area contributed by atoms with Crippen LogP contribution < -0.4 is 11.1 Å². The van der Waals surface area contributed by atoms with Crippen LogP contribution >= 0.6 is 11.6 Å². The van der Waals surface area contributed by atoms with Gasteiger partial charge in [0.25, 0.3) is 0 Å². The second-order valence-electron chi connectivity index (χ2n) is 4.53.